The van der Waals surface area contributed by atoms with Gasteiger partial charge >= 0.3 is 5.97 Å². The lowest BCUT2D eigenvalue weighted by Crippen LogP contribution is -2.40. The van der Waals surface area contributed by atoms with E-state index >= 15 is 0 Å². The number of esters is 1. The zero-order valence-electron chi connectivity index (χ0n) is 9.99. The summed E-state index contributed by atoms with van der Waals surface area (Å²) in [6.45, 7) is 8.91. The van der Waals surface area contributed by atoms with E-state index in [1.165, 1.54) is 0 Å². The van der Waals surface area contributed by atoms with Crippen molar-refractivity contribution in [3.05, 3.63) is 12.7 Å². The number of hydrogen-bond donors (Lipinski definition) is 1. The van der Waals surface area contributed by atoms with Gasteiger partial charge in [0.2, 0.25) is 5.91 Å². The lowest BCUT2D eigenvalue weighted by atomic mass is 10.4. The van der Waals surface area contributed by atoms with Gasteiger partial charge < -0.3 is 10.1 Å². The molecule has 0 rings (SSSR count). The van der Waals surface area contributed by atoms with Gasteiger partial charge in [-0.15, -0.1) is 6.58 Å². The summed E-state index contributed by atoms with van der Waals surface area (Å²) in [5.74, 6) is -0.424. The molecule has 0 aliphatic carbocycles. The molecular weight excluding hydrogens is 208 g/mol. The average Bonchev–Trinajstić information content (AvgIpc) is 2.25. The molecule has 0 atom stereocenters. The zero-order chi connectivity index (χ0) is 12.4. The minimum absolute atomic E-state index is 0.119. The summed E-state index contributed by atoms with van der Waals surface area (Å²) in [5.41, 5.74) is 0. The lowest BCUT2D eigenvalue weighted by molar-refractivity contribution is -0.144. The van der Waals surface area contributed by atoms with Gasteiger partial charge in [0.05, 0.1) is 19.7 Å². The molecule has 5 heteroatoms. The Labute approximate surface area is 96.4 Å². The van der Waals surface area contributed by atoms with Crippen molar-refractivity contribution in [1.29, 1.82) is 0 Å². The Morgan fingerprint density at radius 3 is 2.56 bits per heavy atom. The summed E-state index contributed by atoms with van der Waals surface area (Å²) in [4.78, 5) is 24.3. The summed E-state index contributed by atoms with van der Waals surface area (Å²) >= 11 is 0. The minimum Gasteiger partial charge on any atom is -0.465 e. The SMILES string of the molecule is C=CCNC(=O)CN(CC)CC(=O)OCC. The van der Waals surface area contributed by atoms with Crippen LogP contribution in [-0.4, -0.2) is 49.6 Å². The van der Waals surface area contributed by atoms with Gasteiger partial charge in [0.1, 0.15) is 0 Å². The van der Waals surface area contributed by atoms with Gasteiger partial charge in [0.25, 0.3) is 0 Å². The first-order valence-electron chi connectivity index (χ1n) is 5.39. The quantitative estimate of drug-likeness (QED) is 0.475. The predicted octanol–water partition coefficient (Wildman–Crippen LogP) is 0.174. The van der Waals surface area contributed by atoms with Crippen molar-refractivity contribution in [2.24, 2.45) is 0 Å². The Bertz CT molecular complexity index is 241. The molecule has 1 N–H and O–H groups in total. The van der Waals surface area contributed by atoms with Gasteiger partial charge in [-0.3, -0.25) is 14.5 Å². The van der Waals surface area contributed by atoms with Crippen molar-refractivity contribution in [2.75, 3.05) is 32.8 Å². The lowest BCUT2D eigenvalue weighted by Gasteiger charge is -2.18. The Morgan fingerprint density at radius 2 is 2.06 bits per heavy atom. The molecule has 0 aromatic carbocycles. The summed E-state index contributed by atoms with van der Waals surface area (Å²) in [6.07, 6.45) is 1.61. The van der Waals surface area contributed by atoms with Gasteiger partial charge in [-0.2, -0.15) is 0 Å². The fourth-order valence-corrected chi connectivity index (χ4v) is 1.11. The molecule has 0 aliphatic rings. The van der Waals surface area contributed by atoms with Gasteiger partial charge in [-0.25, -0.2) is 0 Å². The van der Waals surface area contributed by atoms with Crippen molar-refractivity contribution < 1.29 is 14.3 Å². The monoisotopic (exact) mass is 228 g/mol. The van der Waals surface area contributed by atoms with E-state index < -0.39 is 0 Å². The Hall–Kier alpha value is -1.36. The maximum absolute atomic E-state index is 11.4. The first kappa shape index (κ1) is 14.6. The molecular formula is C11H20N2O3. The van der Waals surface area contributed by atoms with E-state index in [2.05, 4.69) is 11.9 Å². The molecule has 92 valence electrons. The Kier molecular flexibility index (Phi) is 8.15. The van der Waals surface area contributed by atoms with Crippen LogP contribution >= 0.6 is 0 Å². The first-order valence-corrected chi connectivity index (χ1v) is 5.39. The summed E-state index contributed by atoms with van der Waals surface area (Å²) in [5, 5.41) is 2.65. The predicted molar refractivity (Wildman–Crippen MR) is 62.0 cm³/mol. The van der Waals surface area contributed by atoms with E-state index in [0.717, 1.165) is 0 Å². The molecule has 0 saturated carbocycles. The minimum atomic E-state index is -0.305. The molecule has 0 heterocycles. The van der Waals surface area contributed by atoms with Gasteiger partial charge in [0, 0.05) is 6.54 Å². The van der Waals surface area contributed by atoms with E-state index in [1.807, 2.05) is 6.92 Å². The van der Waals surface area contributed by atoms with E-state index in [1.54, 1.807) is 17.9 Å². The molecule has 0 radical (unpaired) electrons. The van der Waals surface area contributed by atoms with Gasteiger partial charge in [-0.05, 0) is 13.5 Å². The maximum atomic E-state index is 11.4. The number of nitrogens with zero attached hydrogens (tertiary/aromatic N) is 1. The highest BCUT2D eigenvalue weighted by Crippen LogP contribution is 1.90. The van der Waals surface area contributed by atoms with E-state index in [4.69, 9.17) is 4.74 Å². The van der Waals surface area contributed by atoms with Crippen LogP contribution in [0.2, 0.25) is 0 Å². The van der Waals surface area contributed by atoms with Crippen molar-refractivity contribution in [3.8, 4) is 0 Å². The van der Waals surface area contributed by atoms with Crippen LogP contribution in [-0.2, 0) is 14.3 Å². The summed E-state index contributed by atoms with van der Waals surface area (Å²) in [6, 6.07) is 0. The Balaban J connectivity index is 3.94. The smallest absolute Gasteiger partial charge is 0.320 e. The van der Waals surface area contributed by atoms with Crippen LogP contribution in [0.25, 0.3) is 0 Å². The van der Waals surface area contributed by atoms with Crippen molar-refractivity contribution in [1.82, 2.24) is 10.2 Å². The molecule has 0 bridgehead atoms. The molecule has 5 nitrogen and oxygen atoms in total. The number of likely N-dealkylation sites (N-methyl/N-ethyl adjacent to an activating group) is 1. The van der Waals surface area contributed by atoms with Crippen LogP contribution in [0.15, 0.2) is 12.7 Å². The second kappa shape index (κ2) is 8.91. The number of carbonyl (C=O) groups excluding carboxylic acids is 2. The molecule has 0 aliphatic heterocycles. The zero-order valence-corrected chi connectivity index (χ0v) is 9.99. The molecule has 0 aromatic rings. The van der Waals surface area contributed by atoms with Crippen molar-refractivity contribution in [2.45, 2.75) is 13.8 Å². The molecule has 0 fully saturated rings. The van der Waals surface area contributed by atoms with Crippen LogP contribution in [0.4, 0.5) is 0 Å². The third-order valence-electron chi connectivity index (χ3n) is 1.92. The number of hydrogen-bond acceptors (Lipinski definition) is 4. The van der Waals surface area contributed by atoms with Crippen LogP contribution in [0, 0.1) is 0 Å². The van der Waals surface area contributed by atoms with Gasteiger partial charge in [0.15, 0.2) is 0 Å². The molecule has 0 aromatic heterocycles. The largest absolute Gasteiger partial charge is 0.465 e. The number of carbonyl (C=O) groups is 2. The Morgan fingerprint density at radius 1 is 1.38 bits per heavy atom. The molecule has 0 unspecified atom stereocenters. The average molecular weight is 228 g/mol. The summed E-state index contributed by atoms with van der Waals surface area (Å²) < 4.78 is 4.81. The van der Waals surface area contributed by atoms with Gasteiger partial charge in [-0.1, -0.05) is 13.0 Å². The van der Waals surface area contributed by atoms with Crippen LogP contribution in [0.1, 0.15) is 13.8 Å². The fraction of sp³-hybridized carbons (Fsp3) is 0.636. The van der Waals surface area contributed by atoms with Crippen LogP contribution in [0.5, 0.6) is 0 Å². The maximum Gasteiger partial charge on any atom is 0.320 e. The van der Waals surface area contributed by atoms with E-state index in [-0.39, 0.29) is 25.0 Å². The number of ether oxygens (including phenoxy) is 1. The van der Waals surface area contributed by atoms with Crippen LogP contribution < -0.4 is 5.32 Å². The highest BCUT2D eigenvalue weighted by molar-refractivity contribution is 5.79. The second-order valence-electron chi connectivity index (χ2n) is 3.20. The first-order chi connectivity index (χ1) is 7.63. The van der Waals surface area contributed by atoms with E-state index in [9.17, 15) is 9.59 Å². The number of nitrogens with one attached hydrogen (secondary N) is 1. The van der Waals surface area contributed by atoms with Crippen molar-refractivity contribution in [3.63, 3.8) is 0 Å². The normalized spacial score (nSPS) is 9.94. The highest BCUT2D eigenvalue weighted by atomic mass is 16.5. The highest BCUT2D eigenvalue weighted by Gasteiger charge is 2.12. The summed E-state index contributed by atoms with van der Waals surface area (Å²) in [7, 11) is 0. The number of amides is 1. The molecule has 0 spiro atoms. The fourth-order valence-electron chi connectivity index (χ4n) is 1.11. The standard InChI is InChI=1S/C11H20N2O3/c1-4-7-12-10(14)8-13(5-2)9-11(15)16-6-3/h4H,1,5-9H2,2-3H3,(H,12,14). The third-order valence-corrected chi connectivity index (χ3v) is 1.92. The third kappa shape index (κ3) is 7.00. The molecule has 0 saturated heterocycles. The second-order valence-corrected chi connectivity index (χ2v) is 3.20. The molecule has 1 amide bonds. The topological polar surface area (TPSA) is 58.6 Å². The van der Waals surface area contributed by atoms with E-state index in [0.29, 0.717) is 19.7 Å². The molecule has 16 heavy (non-hydrogen) atoms. The number of rotatable bonds is 8. The van der Waals surface area contributed by atoms with Crippen molar-refractivity contribution >= 4 is 11.9 Å². The van der Waals surface area contributed by atoms with Crippen LogP contribution in [0.3, 0.4) is 0 Å².